The molecule has 0 aliphatic carbocycles. The third kappa shape index (κ3) is 4.40. The number of ether oxygens (including phenoxy) is 1. The molecule has 0 aromatic heterocycles. The Morgan fingerprint density at radius 3 is 2.73 bits per heavy atom. The van der Waals surface area contributed by atoms with Crippen molar-refractivity contribution >= 4 is 23.2 Å². The van der Waals surface area contributed by atoms with Crippen LogP contribution in [0.25, 0.3) is 0 Å². The zero-order chi connectivity index (χ0) is 15.9. The number of carbonyl (C=O) groups is 1. The smallest absolute Gasteiger partial charge is 0.239 e. The first-order valence-corrected chi connectivity index (χ1v) is 7.36. The van der Waals surface area contributed by atoms with Crippen molar-refractivity contribution in [2.75, 3.05) is 19.0 Å². The highest BCUT2D eigenvalue weighted by molar-refractivity contribution is 6.30. The summed E-state index contributed by atoms with van der Waals surface area (Å²) in [4.78, 5) is 11.9. The first-order valence-electron chi connectivity index (χ1n) is 6.99. The summed E-state index contributed by atoms with van der Waals surface area (Å²) in [5, 5.41) is 6.51. The van der Waals surface area contributed by atoms with Gasteiger partial charge in [-0.15, -0.1) is 0 Å². The molecule has 0 saturated carbocycles. The summed E-state index contributed by atoms with van der Waals surface area (Å²) >= 11 is 5.95. The van der Waals surface area contributed by atoms with Gasteiger partial charge in [-0.25, -0.2) is 0 Å². The summed E-state index contributed by atoms with van der Waals surface area (Å²) in [5.74, 6) is 0.557. The minimum absolute atomic E-state index is 0.0923. The summed E-state index contributed by atoms with van der Waals surface area (Å²) in [6.45, 7) is 2.69. The SMILES string of the molecule is COc1ccc(Cl)cc1NCC(=O)NCc1ccccc1C. The lowest BCUT2D eigenvalue weighted by Gasteiger charge is -2.12. The van der Waals surface area contributed by atoms with Gasteiger partial charge in [-0.05, 0) is 36.2 Å². The Hall–Kier alpha value is -2.20. The molecule has 2 N–H and O–H groups in total. The van der Waals surface area contributed by atoms with Crippen molar-refractivity contribution in [2.45, 2.75) is 13.5 Å². The molecular formula is C17H19ClN2O2. The lowest BCUT2D eigenvalue weighted by Crippen LogP contribution is -2.29. The summed E-state index contributed by atoms with van der Waals surface area (Å²) in [6, 6.07) is 13.2. The minimum atomic E-state index is -0.0923. The molecular weight excluding hydrogens is 300 g/mol. The Morgan fingerprint density at radius 1 is 1.23 bits per heavy atom. The van der Waals surface area contributed by atoms with Crippen LogP contribution >= 0.6 is 11.6 Å². The molecule has 2 aromatic rings. The molecule has 0 spiro atoms. The van der Waals surface area contributed by atoms with Crippen molar-refractivity contribution < 1.29 is 9.53 Å². The van der Waals surface area contributed by atoms with E-state index in [1.165, 1.54) is 0 Å². The zero-order valence-corrected chi connectivity index (χ0v) is 13.4. The van der Waals surface area contributed by atoms with Gasteiger partial charge in [-0.3, -0.25) is 4.79 Å². The number of halogens is 1. The first-order chi connectivity index (χ1) is 10.6. The Kier molecular flexibility index (Phi) is 5.67. The molecule has 2 rings (SSSR count). The standard InChI is InChI=1S/C17H19ClN2O2/c1-12-5-3-4-6-13(12)10-20-17(21)11-19-15-9-14(18)7-8-16(15)22-2/h3-9,19H,10-11H2,1-2H3,(H,20,21). The predicted molar refractivity (Wildman–Crippen MR) is 89.5 cm³/mol. The molecule has 0 atom stereocenters. The van der Waals surface area contributed by atoms with Crippen molar-refractivity contribution in [3.05, 3.63) is 58.6 Å². The zero-order valence-electron chi connectivity index (χ0n) is 12.7. The fourth-order valence-corrected chi connectivity index (χ4v) is 2.23. The Bertz CT molecular complexity index is 659. The predicted octanol–water partition coefficient (Wildman–Crippen LogP) is 3.39. The van der Waals surface area contributed by atoms with Crippen molar-refractivity contribution in [2.24, 2.45) is 0 Å². The molecule has 0 unspecified atom stereocenters. The second kappa shape index (κ2) is 7.71. The average Bonchev–Trinajstić information content (AvgIpc) is 2.52. The van der Waals surface area contributed by atoms with Crippen LogP contribution in [0.2, 0.25) is 5.02 Å². The van der Waals surface area contributed by atoms with E-state index in [1.54, 1.807) is 25.3 Å². The van der Waals surface area contributed by atoms with Crippen LogP contribution < -0.4 is 15.4 Å². The summed E-state index contributed by atoms with van der Waals surface area (Å²) in [7, 11) is 1.58. The molecule has 5 heteroatoms. The van der Waals surface area contributed by atoms with E-state index in [4.69, 9.17) is 16.3 Å². The van der Waals surface area contributed by atoms with Crippen molar-refractivity contribution in [1.82, 2.24) is 5.32 Å². The lowest BCUT2D eigenvalue weighted by atomic mass is 10.1. The lowest BCUT2D eigenvalue weighted by molar-refractivity contribution is -0.119. The summed E-state index contributed by atoms with van der Waals surface area (Å²) < 4.78 is 5.22. The van der Waals surface area contributed by atoms with E-state index in [0.29, 0.717) is 23.0 Å². The molecule has 0 fully saturated rings. The van der Waals surface area contributed by atoms with Crippen LogP contribution in [0.15, 0.2) is 42.5 Å². The van der Waals surface area contributed by atoms with Crippen LogP contribution in [0.4, 0.5) is 5.69 Å². The van der Waals surface area contributed by atoms with Gasteiger partial charge in [0.15, 0.2) is 0 Å². The van der Waals surface area contributed by atoms with Crippen LogP contribution in [0.1, 0.15) is 11.1 Å². The van der Waals surface area contributed by atoms with Gasteiger partial charge in [0.2, 0.25) is 5.91 Å². The van der Waals surface area contributed by atoms with Gasteiger partial charge in [0.25, 0.3) is 0 Å². The monoisotopic (exact) mass is 318 g/mol. The number of nitrogens with one attached hydrogen (secondary N) is 2. The maximum absolute atomic E-state index is 11.9. The second-order valence-corrected chi connectivity index (χ2v) is 5.34. The van der Waals surface area contributed by atoms with Crippen LogP contribution in [0, 0.1) is 6.92 Å². The molecule has 0 aliphatic rings. The van der Waals surface area contributed by atoms with Gasteiger partial charge in [0.05, 0.1) is 19.3 Å². The molecule has 22 heavy (non-hydrogen) atoms. The van der Waals surface area contributed by atoms with Gasteiger partial charge in [0.1, 0.15) is 5.75 Å². The Labute approximate surface area is 135 Å². The fourth-order valence-electron chi connectivity index (χ4n) is 2.06. The highest BCUT2D eigenvalue weighted by atomic mass is 35.5. The molecule has 0 radical (unpaired) electrons. The third-order valence-corrected chi connectivity index (χ3v) is 3.57. The van der Waals surface area contributed by atoms with E-state index in [9.17, 15) is 4.79 Å². The second-order valence-electron chi connectivity index (χ2n) is 4.90. The molecule has 2 aromatic carbocycles. The van der Waals surface area contributed by atoms with Crippen molar-refractivity contribution in [1.29, 1.82) is 0 Å². The van der Waals surface area contributed by atoms with Gasteiger partial charge < -0.3 is 15.4 Å². The number of benzene rings is 2. The van der Waals surface area contributed by atoms with Gasteiger partial charge >= 0.3 is 0 Å². The van der Waals surface area contributed by atoms with E-state index < -0.39 is 0 Å². The normalized spacial score (nSPS) is 10.1. The molecule has 4 nitrogen and oxygen atoms in total. The molecule has 0 heterocycles. The third-order valence-electron chi connectivity index (χ3n) is 3.34. The number of hydrogen-bond acceptors (Lipinski definition) is 3. The number of rotatable bonds is 6. The van der Waals surface area contributed by atoms with Crippen LogP contribution in [0.5, 0.6) is 5.75 Å². The van der Waals surface area contributed by atoms with Gasteiger partial charge in [-0.1, -0.05) is 35.9 Å². The Morgan fingerprint density at radius 2 is 2.00 bits per heavy atom. The van der Waals surface area contributed by atoms with E-state index >= 15 is 0 Å². The van der Waals surface area contributed by atoms with Crippen LogP contribution in [0.3, 0.4) is 0 Å². The van der Waals surface area contributed by atoms with Crippen LogP contribution in [-0.4, -0.2) is 19.6 Å². The highest BCUT2D eigenvalue weighted by Crippen LogP contribution is 2.27. The number of methoxy groups -OCH3 is 1. The summed E-state index contributed by atoms with van der Waals surface area (Å²) in [6.07, 6.45) is 0. The van der Waals surface area contributed by atoms with Crippen LogP contribution in [-0.2, 0) is 11.3 Å². The maximum atomic E-state index is 11.9. The number of hydrogen-bond donors (Lipinski definition) is 2. The molecule has 0 aliphatic heterocycles. The van der Waals surface area contributed by atoms with E-state index in [-0.39, 0.29) is 12.5 Å². The number of carbonyl (C=O) groups excluding carboxylic acids is 1. The summed E-state index contributed by atoms with van der Waals surface area (Å²) in [5.41, 5.74) is 2.96. The molecule has 0 saturated heterocycles. The molecule has 0 bridgehead atoms. The fraction of sp³-hybridized carbons (Fsp3) is 0.235. The molecule has 1 amide bonds. The maximum Gasteiger partial charge on any atom is 0.239 e. The number of amides is 1. The van der Waals surface area contributed by atoms with Gasteiger partial charge in [0, 0.05) is 11.6 Å². The number of anilines is 1. The Balaban J connectivity index is 1.88. The average molecular weight is 319 g/mol. The van der Waals surface area contributed by atoms with E-state index in [0.717, 1.165) is 11.1 Å². The topological polar surface area (TPSA) is 50.4 Å². The van der Waals surface area contributed by atoms with Gasteiger partial charge in [-0.2, -0.15) is 0 Å². The minimum Gasteiger partial charge on any atom is -0.495 e. The molecule has 116 valence electrons. The highest BCUT2D eigenvalue weighted by Gasteiger charge is 2.07. The van der Waals surface area contributed by atoms with E-state index in [1.807, 2.05) is 31.2 Å². The quantitative estimate of drug-likeness (QED) is 0.858. The van der Waals surface area contributed by atoms with E-state index in [2.05, 4.69) is 10.6 Å². The largest absolute Gasteiger partial charge is 0.495 e. The number of aryl methyl sites for hydroxylation is 1. The van der Waals surface area contributed by atoms with Crippen molar-refractivity contribution in [3.63, 3.8) is 0 Å². The first kappa shape index (κ1) is 16.2. The van der Waals surface area contributed by atoms with Crippen molar-refractivity contribution in [3.8, 4) is 5.75 Å².